The number of amides is 2. The summed E-state index contributed by atoms with van der Waals surface area (Å²) >= 11 is 13.3. The Bertz CT molecular complexity index is 1080. The molecule has 2 aromatic rings. The minimum Gasteiger partial charge on any atom is -0.462 e. The number of nitrogens with zero attached hydrogens (tertiary/aromatic N) is 2. The van der Waals surface area contributed by atoms with Crippen molar-refractivity contribution in [3.63, 3.8) is 0 Å². The van der Waals surface area contributed by atoms with Crippen LogP contribution >= 0.6 is 35.0 Å². The van der Waals surface area contributed by atoms with Crippen molar-refractivity contribution >= 4 is 58.2 Å². The molecule has 30 heavy (non-hydrogen) atoms. The average Bonchev–Trinajstić information content (AvgIpc) is 3.07. The lowest BCUT2D eigenvalue weighted by Crippen LogP contribution is -2.35. The Morgan fingerprint density at radius 1 is 1.23 bits per heavy atom. The second kappa shape index (κ2) is 8.88. The van der Waals surface area contributed by atoms with Gasteiger partial charge in [-0.05, 0) is 69.3 Å². The predicted molar refractivity (Wildman–Crippen MR) is 119 cm³/mol. The van der Waals surface area contributed by atoms with Crippen molar-refractivity contribution in [1.82, 2.24) is 9.47 Å². The largest absolute Gasteiger partial charge is 0.462 e. The number of rotatable bonds is 5. The van der Waals surface area contributed by atoms with Crippen LogP contribution < -0.4 is 0 Å². The van der Waals surface area contributed by atoms with Crippen LogP contribution in [-0.2, 0) is 14.3 Å². The molecule has 1 aromatic heterocycles. The number of carbonyl (C=O) groups excluding carboxylic acids is 3. The summed E-state index contributed by atoms with van der Waals surface area (Å²) in [5.41, 5.74) is 3.22. The zero-order valence-corrected chi connectivity index (χ0v) is 19.2. The van der Waals surface area contributed by atoms with Gasteiger partial charge in [0, 0.05) is 11.4 Å². The first-order valence-electron chi connectivity index (χ1n) is 9.18. The lowest BCUT2D eigenvalue weighted by molar-refractivity contribution is -0.149. The average molecular weight is 467 g/mol. The van der Waals surface area contributed by atoms with Gasteiger partial charge in [0.2, 0.25) is 0 Å². The molecular formula is C21H20Cl2N2O4S. The van der Waals surface area contributed by atoms with Gasteiger partial charge < -0.3 is 9.30 Å². The maximum atomic E-state index is 12.7. The SMILES string of the molecule is Cc1cc(/C=C2/SC(=O)N(CC(=O)OC(C)C)C2=O)c(C)n1-c1cccc(Cl)c1Cl. The van der Waals surface area contributed by atoms with E-state index in [4.69, 9.17) is 27.9 Å². The molecule has 0 spiro atoms. The molecule has 1 fully saturated rings. The molecule has 158 valence electrons. The van der Waals surface area contributed by atoms with Gasteiger partial charge in [0.15, 0.2) is 0 Å². The highest BCUT2D eigenvalue weighted by Gasteiger charge is 2.37. The van der Waals surface area contributed by atoms with E-state index in [2.05, 4.69) is 0 Å². The van der Waals surface area contributed by atoms with E-state index >= 15 is 0 Å². The number of halogens is 2. The van der Waals surface area contributed by atoms with E-state index in [0.717, 1.165) is 39.3 Å². The number of aryl methyl sites for hydroxylation is 1. The van der Waals surface area contributed by atoms with Gasteiger partial charge in [-0.3, -0.25) is 19.3 Å². The van der Waals surface area contributed by atoms with E-state index in [1.165, 1.54) is 0 Å². The van der Waals surface area contributed by atoms with Gasteiger partial charge in [0.25, 0.3) is 11.1 Å². The van der Waals surface area contributed by atoms with Crippen LogP contribution in [0.2, 0.25) is 10.0 Å². The Labute approximate surface area is 188 Å². The lowest BCUT2D eigenvalue weighted by Gasteiger charge is -2.13. The zero-order chi connectivity index (χ0) is 22.2. The molecule has 0 saturated carbocycles. The maximum absolute atomic E-state index is 12.7. The van der Waals surface area contributed by atoms with E-state index < -0.39 is 23.7 Å². The first-order chi connectivity index (χ1) is 14.1. The van der Waals surface area contributed by atoms with Crippen molar-refractivity contribution in [2.45, 2.75) is 33.8 Å². The molecule has 6 nitrogen and oxygen atoms in total. The number of ether oxygens (including phenoxy) is 1. The molecule has 3 rings (SSSR count). The summed E-state index contributed by atoms with van der Waals surface area (Å²) in [5, 5.41) is 0.368. The summed E-state index contributed by atoms with van der Waals surface area (Å²) in [6.45, 7) is 6.80. The normalized spacial score (nSPS) is 15.6. The highest BCUT2D eigenvalue weighted by Crippen LogP contribution is 2.35. The van der Waals surface area contributed by atoms with Crippen LogP contribution in [0.15, 0.2) is 29.2 Å². The zero-order valence-electron chi connectivity index (χ0n) is 16.9. The van der Waals surface area contributed by atoms with Crippen molar-refractivity contribution in [1.29, 1.82) is 0 Å². The number of aromatic nitrogens is 1. The van der Waals surface area contributed by atoms with Gasteiger partial charge in [-0.1, -0.05) is 29.3 Å². The Morgan fingerprint density at radius 3 is 2.60 bits per heavy atom. The summed E-state index contributed by atoms with van der Waals surface area (Å²) in [6, 6.07) is 7.27. The van der Waals surface area contributed by atoms with Crippen LogP contribution in [0.1, 0.15) is 30.8 Å². The summed E-state index contributed by atoms with van der Waals surface area (Å²) in [6.07, 6.45) is 1.33. The topological polar surface area (TPSA) is 68.6 Å². The fourth-order valence-corrected chi connectivity index (χ4v) is 4.39. The Morgan fingerprint density at radius 2 is 1.93 bits per heavy atom. The number of hydrogen-bond acceptors (Lipinski definition) is 5. The van der Waals surface area contributed by atoms with Crippen molar-refractivity contribution < 1.29 is 19.1 Å². The first-order valence-corrected chi connectivity index (χ1v) is 10.8. The Kier molecular flexibility index (Phi) is 6.65. The second-order valence-electron chi connectivity index (χ2n) is 7.04. The molecule has 0 bridgehead atoms. The molecule has 0 atom stereocenters. The first kappa shape index (κ1) is 22.5. The molecule has 0 N–H and O–H groups in total. The van der Waals surface area contributed by atoms with Crippen molar-refractivity contribution in [3.8, 4) is 5.69 Å². The molecule has 1 aliphatic heterocycles. The Hall–Kier alpha value is -2.22. The van der Waals surface area contributed by atoms with E-state index in [1.807, 2.05) is 36.6 Å². The fourth-order valence-electron chi connectivity index (χ4n) is 3.18. The van der Waals surface area contributed by atoms with Crippen molar-refractivity contribution in [2.75, 3.05) is 6.54 Å². The predicted octanol–water partition coefficient (Wildman–Crippen LogP) is 5.39. The third-order valence-electron chi connectivity index (χ3n) is 4.46. The molecule has 1 aromatic carbocycles. The van der Waals surface area contributed by atoms with Crippen LogP contribution in [-0.4, -0.2) is 39.2 Å². The lowest BCUT2D eigenvalue weighted by atomic mass is 10.2. The number of hydrogen-bond donors (Lipinski definition) is 0. The van der Waals surface area contributed by atoms with Crippen molar-refractivity contribution in [3.05, 3.63) is 56.2 Å². The third-order valence-corrected chi connectivity index (χ3v) is 6.17. The summed E-state index contributed by atoms with van der Waals surface area (Å²) in [7, 11) is 0. The minimum absolute atomic E-state index is 0.245. The number of carbonyl (C=O) groups is 3. The highest BCUT2D eigenvalue weighted by molar-refractivity contribution is 8.18. The van der Waals surface area contributed by atoms with E-state index in [1.54, 1.807) is 26.0 Å². The smallest absolute Gasteiger partial charge is 0.326 e. The summed E-state index contributed by atoms with van der Waals surface area (Å²) < 4.78 is 6.96. The van der Waals surface area contributed by atoms with Crippen LogP contribution in [0.3, 0.4) is 0 Å². The van der Waals surface area contributed by atoms with E-state index in [0.29, 0.717) is 10.0 Å². The standard InChI is InChI=1S/C21H20Cl2N2O4S/c1-11(2)29-18(26)10-24-20(27)17(30-21(24)28)9-14-8-12(3)25(13(14)4)16-7-5-6-15(22)19(16)23/h5-9,11H,10H2,1-4H3/b17-9+. The Balaban J connectivity index is 1.91. The molecule has 2 heterocycles. The van der Waals surface area contributed by atoms with Crippen LogP contribution in [0.5, 0.6) is 0 Å². The highest BCUT2D eigenvalue weighted by atomic mass is 35.5. The van der Waals surface area contributed by atoms with Gasteiger partial charge in [-0.15, -0.1) is 0 Å². The number of esters is 1. The molecule has 1 aliphatic rings. The van der Waals surface area contributed by atoms with Crippen molar-refractivity contribution in [2.24, 2.45) is 0 Å². The van der Waals surface area contributed by atoms with Crippen LogP contribution in [0.4, 0.5) is 4.79 Å². The molecule has 1 saturated heterocycles. The molecule has 2 amide bonds. The van der Waals surface area contributed by atoms with Gasteiger partial charge >= 0.3 is 5.97 Å². The number of imide groups is 1. The second-order valence-corrected chi connectivity index (χ2v) is 8.82. The summed E-state index contributed by atoms with van der Waals surface area (Å²) in [4.78, 5) is 37.9. The maximum Gasteiger partial charge on any atom is 0.326 e. The monoisotopic (exact) mass is 466 g/mol. The van der Waals surface area contributed by atoms with Gasteiger partial charge in [0.05, 0.1) is 26.7 Å². The molecular weight excluding hydrogens is 447 g/mol. The third kappa shape index (κ3) is 4.43. The van der Waals surface area contributed by atoms with Crippen LogP contribution in [0, 0.1) is 13.8 Å². The number of benzene rings is 1. The molecule has 0 aliphatic carbocycles. The fraction of sp³-hybridized carbons (Fsp3) is 0.286. The van der Waals surface area contributed by atoms with Crippen LogP contribution in [0.25, 0.3) is 11.8 Å². The molecule has 0 unspecified atom stereocenters. The molecule has 9 heteroatoms. The van der Waals surface area contributed by atoms with E-state index in [9.17, 15) is 14.4 Å². The number of thioether (sulfide) groups is 1. The van der Waals surface area contributed by atoms with Gasteiger partial charge in [-0.2, -0.15) is 0 Å². The molecule has 0 radical (unpaired) electrons. The minimum atomic E-state index is -0.623. The van der Waals surface area contributed by atoms with Gasteiger partial charge in [-0.25, -0.2) is 0 Å². The van der Waals surface area contributed by atoms with E-state index in [-0.39, 0.29) is 11.0 Å². The van der Waals surface area contributed by atoms with Gasteiger partial charge in [0.1, 0.15) is 6.54 Å². The quantitative estimate of drug-likeness (QED) is 0.436. The summed E-state index contributed by atoms with van der Waals surface area (Å²) in [5.74, 6) is -1.14.